The Morgan fingerprint density at radius 2 is 1.60 bits per heavy atom. The molecular weight excluding hydrogens is 376 g/mol. The van der Waals surface area contributed by atoms with Crippen molar-refractivity contribution in [1.29, 1.82) is 0 Å². The molecule has 1 aliphatic rings. The number of unbranched alkanes of at least 4 members (excludes halogenated alkanes) is 3. The van der Waals surface area contributed by atoms with E-state index in [1.54, 1.807) is 21.3 Å². The second kappa shape index (κ2) is 10.2. The molecule has 5 heteroatoms. The van der Waals surface area contributed by atoms with Crippen LogP contribution in [0.3, 0.4) is 0 Å². The third-order valence-electron chi connectivity index (χ3n) is 6.56. The van der Waals surface area contributed by atoms with Gasteiger partial charge in [-0.2, -0.15) is 4.57 Å². The summed E-state index contributed by atoms with van der Waals surface area (Å²) in [6.45, 7) is 3.51. The summed E-state index contributed by atoms with van der Waals surface area (Å²) in [5.74, 6) is 2.61. The van der Waals surface area contributed by atoms with Crippen LogP contribution in [0.25, 0.3) is 0 Å². The summed E-state index contributed by atoms with van der Waals surface area (Å²) in [6, 6.07) is 10.6. The normalized spacial score (nSPS) is 18.0. The van der Waals surface area contributed by atoms with Crippen LogP contribution in [-0.2, 0) is 26.4 Å². The first kappa shape index (κ1) is 22.4. The number of rotatable bonds is 10. The zero-order valence-corrected chi connectivity index (χ0v) is 19.4. The summed E-state index contributed by atoms with van der Waals surface area (Å²) in [5.41, 5.74) is 4.16. The summed E-state index contributed by atoms with van der Waals surface area (Å²) in [5, 5.41) is 0. The van der Waals surface area contributed by atoms with Crippen molar-refractivity contribution in [3.8, 4) is 17.4 Å². The first-order valence-corrected chi connectivity index (χ1v) is 11.1. The maximum Gasteiger partial charge on any atom is 0.367 e. The molecule has 164 valence electrons. The largest absolute Gasteiger partial charge is 0.493 e. The lowest BCUT2D eigenvalue weighted by Crippen LogP contribution is -2.48. The number of aromatic nitrogens is 1. The summed E-state index contributed by atoms with van der Waals surface area (Å²) >= 11 is 0. The molecule has 0 amide bonds. The molecule has 2 aromatic rings. The van der Waals surface area contributed by atoms with Gasteiger partial charge in [-0.1, -0.05) is 6.42 Å². The van der Waals surface area contributed by atoms with Gasteiger partial charge in [0.1, 0.15) is 13.6 Å². The summed E-state index contributed by atoms with van der Waals surface area (Å²) < 4.78 is 19.7. The number of aryl methyl sites for hydroxylation is 1. The summed E-state index contributed by atoms with van der Waals surface area (Å²) in [4.78, 5) is 0. The Balaban J connectivity index is 1.45. The minimum atomic E-state index is 0.843. The van der Waals surface area contributed by atoms with Crippen molar-refractivity contribution < 1.29 is 23.3 Å². The zero-order chi connectivity index (χ0) is 21.6. The molecule has 0 bridgehead atoms. The maximum absolute atomic E-state index is 5.51. The highest BCUT2D eigenvalue weighted by Gasteiger charge is 2.29. The second-order valence-corrected chi connectivity index (χ2v) is 8.73. The molecule has 2 heterocycles. The molecule has 5 nitrogen and oxygen atoms in total. The van der Waals surface area contributed by atoms with Crippen LogP contribution in [-0.4, -0.2) is 45.9 Å². The summed E-state index contributed by atoms with van der Waals surface area (Å²) in [6.07, 6.45) is 7.29. The highest BCUT2D eigenvalue weighted by Crippen LogP contribution is 2.34. The molecule has 3 rings (SSSR count). The zero-order valence-electron chi connectivity index (χ0n) is 19.4. The Kier molecular flexibility index (Phi) is 7.59. The van der Waals surface area contributed by atoms with E-state index in [1.807, 2.05) is 6.07 Å². The molecule has 1 aliphatic heterocycles. The van der Waals surface area contributed by atoms with Gasteiger partial charge in [-0.05, 0) is 43.0 Å². The van der Waals surface area contributed by atoms with Crippen LogP contribution < -0.4 is 18.8 Å². The van der Waals surface area contributed by atoms with E-state index in [0.717, 1.165) is 41.2 Å². The van der Waals surface area contributed by atoms with E-state index in [1.165, 1.54) is 55.6 Å². The van der Waals surface area contributed by atoms with Crippen molar-refractivity contribution in [2.45, 2.75) is 45.1 Å². The third kappa shape index (κ3) is 5.25. The minimum Gasteiger partial charge on any atom is -0.493 e. The Morgan fingerprint density at radius 3 is 2.30 bits per heavy atom. The Morgan fingerprint density at radius 1 is 0.900 bits per heavy atom. The lowest BCUT2D eigenvalue weighted by Gasteiger charge is -2.39. The molecule has 0 saturated carbocycles. The smallest absolute Gasteiger partial charge is 0.367 e. The number of quaternary nitrogens is 1. The van der Waals surface area contributed by atoms with E-state index < -0.39 is 0 Å². The SMILES string of the molecule is COc1cc2c(cc1OC)C[N+](C)(CCCCCCc1cccc(OC)[n+]1C)CC2. The highest BCUT2D eigenvalue weighted by molar-refractivity contribution is 5.47. The van der Waals surface area contributed by atoms with Crippen molar-refractivity contribution in [1.82, 2.24) is 0 Å². The number of pyridine rings is 1. The topological polar surface area (TPSA) is 31.6 Å². The molecular formula is C25H38N2O3+2. The molecule has 0 fully saturated rings. The van der Waals surface area contributed by atoms with Crippen molar-refractivity contribution in [2.75, 3.05) is 41.5 Å². The average molecular weight is 415 g/mol. The Bertz CT molecular complexity index is 853. The van der Waals surface area contributed by atoms with Gasteiger partial charge in [0.25, 0.3) is 0 Å². The molecule has 1 unspecified atom stereocenters. The predicted octanol–water partition coefficient (Wildman–Crippen LogP) is 3.84. The number of fused-ring (bicyclic) bond motifs is 1. The van der Waals surface area contributed by atoms with E-state index in [2.05, 4.69) is 42.9 Å². The fourth-order valence-electron chi connectivity index (χ4n) is 4.63. The first-order chi connectivity index (χ1) is 14.5. The van der Waals surface area contributed by atoms with Crippen molar-refractivity contribution in [2.24, 2.45) is 7.05 Å². The fraction of sp³-hybridized carbons (Fsp3) is 0.560. The Hall–Kier alpha value is -2.27. The monoisotopic (exact) mass is 414 g/mol. The summed E-state index contributed by atoms with van der Waals surface area (Å²) in [7, 11) is 9.64. The van der Waals surface area contributed by atoms with Crippen LogP contribution in [0.4, 0.5) is 0 Å². The van der Waals surface area contributed by atoms with Crippen LogP contribution in [0.1, 0.15) is 42.5 Å². The van der Waals surface area contributed by atoms with Crippen LogP contribution in [0.5, 0.6) is 17.4 Å². The van der Waals surface area contributed by atoms with Gasteiger partial charge in [0, 0.05) is 24.5 Å². The molecule has 0 N–H and O–H groups in total. The molecule has 1 aromatic heterocycles. The molecule has 0 aliphatic carbocycles. The van der Waals surface area contributed by atoms with E-state index in [-0.39, 0.29) is 0 Å². The molecule has 1 atom stereocenters. The van der Waals surface area contributed by atoms with Crippen LogP contribution in [0.2, 0.25) is 0 Å². The van der Waals surface area contributed by atoms with Crippen molar-refractivity contribution in [3.05, 3.63) is 47.2 Å². The Labute approximate surface area is 181 Å². The van der Waals surface area contributed by atoms with Crippen molar-refractivity contribution in [3.63, 3.8) is 0 Å². The van der Waals surface area contributed by atoms with Gasteiger partial charge in [0.15, 0.2) is 17.2 Å². The number of methoxy groups -OCH3 is 3. The second-order valence-electron chi connectivity index (χ2n) is 8.73. The van der Waals surface area contributed by atoms with Gasteiger partial charge < -0.3 is 18.7 Å². The van der Waals surface area contributed by atoms with Crippen molar-refractivity contribution >= 4 is 0 Å². The van der Waals surface area contributed by atoms with E-state index in [0.29, 0.717) is 0 Å². The molecule has 1 aromatic carbocycles. The number of benzene rings is 1. The average Bonchev–Trinajstić information content (AvgIpc) is 2.76. The van der Waals surface area contributed by atoms with E-state index in [4.69, 9.17) is 14.2 Å². The minimum absolute atomic E-state index is 0.843. The van der Waals surface area contributed by atoms with E-state index >= 15 is 0 Å². The predicted molar refractivity (Wildman–Crippen MR) is 119 cm³/mol. The van der Waals surface area contributed by atoms with Gasteiger partial charge >= 0.3 is 5.88 Å². The number of nitrogens with zero attached hydrogens (tertiary/aromatic N) is 2. The van der Waals surface area contributed by atoms with Gasteiger partial charge in [-0.15, -0.1) is 0 Å². The molecule has 30 heavy (non-hydrogen) atoms. The standard InChI is InChI=1S/C25H38N2O3/c1-26-22(12-10-13-25(26)30-5)11-8-6-7-9-15-27(2)16-14-20-17-23(28-3)24(29-4)18-21(20)19-27/h10,12-13,17-18H,6-9,11,14-16,19H2,1-5H3/q+2. The third-order valence-corrected chi connectivity index (χ3v) is 6.56. The number of hydrogen-bond acceptors (Lipinski definition) is 3. The van der Waals surface area contributed by atoms with Gasteiger partial charge in [-0.3, -0.25) is 0 Å². The molecule has 0 saturated heterocycles. The maximum atomic E-state index is 5.51. The van der Waals surface area contributed by atoms with Gasteiger partial charge in [0.2, 0.25) is 0 Å². The quantitative estimate of drug-likeness (QED) is 0.336. The highest BCUT2D eigenvalue weighted by atomic mass is 16.5. The lowest BCUT2D eigenvalue weighted by molar-refractivity contribution is -0.924. The number of likely N-dealkylation sites (N-methyl/N-ethyl adjacent to an activating group) is 1. The van der Waals surface area contributed by atoms with Gasteiger partial charge in [0.05, 0.1) is 47.5 Å². The fourth-order valence-corrected chi connectivity index (χ4v) is 4.63. The van der Waals surface area contributed by atoms with Crippen LogP contribution in [0.15, 0.2) is 30.3 Å². The first-order valence-electron chi connectivity index (χ1n) is 11.1. The van der Waals surface area contributed by atoms with Gasteiger partial charge in [-0.25, -0.2) is 0 Å². The molecule has 0 radical (unpaired) electrons. The van der Waals surface area contributed by atoms with E-state index in [9.17, 15) is 0 Å². The van der Waals surface area contributed by atoms with Crippen LogP contribution in [0, 0.1) is 0 Å². The number of hydrogen-bond donors (Lipinski definition) is 0. The number of ether oxygens (including phenoxy) is 3. The van der Waals surface area contributed by atoms with Crippen LogP contribution >= 0.6 is 0 Å². The molecule has 0 spiro atoms. The lowest BCUT2D eigenvalue weighted by atomic mass is 9.96.